The number of carbonyl (C=O) groups excluding carboxylic acids is 2. The predicted octanol–water partition coefficient (Wildman–Crippen LogP) is 2.57. The Morgan fingerprint density at radius 3 is 2.12 bits per heavy atom. The van der Waals surface area contributed by atoms with Gasteiger partial charge in [0.15, 0.2) is 0 Å². The van der Waals surface area contributed by atoms with Crippen LogP contribution in [0.3, 0.4) is 0 Å². The SMILES string of the molecule is COC(=O)CN(Cc1ccccc1)C(=O)c1ccc(N(C)C)cc1. The van der Waals surface area contributed by atoms with Crippen molar-refractivity contribution < 1.29 is 14.3 Å². The van der Waals surface area contributed by atoms with Crippen LogP contribution in [0.15, 0.2) is 54.6 Å². The number of rotatable bonds is 6. The number of methoxy groups -OCH3 is 1. The average molecular weight is 326 g/mol. The summed E-state index contributed by atoms with van der Waals surface area (Å²) in [5.41, 5.74) is 2.51. The monoisotopic (exact) mass is 326 g/mol. The third-order valence-electron chi connectivity index (χ3n) is 3.68. The Morgan fingerprint density at radius 2 is 1.58 bits per heavy atom. The molecule has 0 saturated carbocycles. The van der Waals surface area contributed by atoms with Crippen molar-refractivity contribution in [3.8, 4) is 0 Å². The molecule has 126 valence electrons. The fourth-order valence-corrected chi connectivity index (χ4v) is 2.31. The summed E-state index contributed by atoms with van der Waals surface area (Å²) < 4.78 is 4.72. The molecule has 0 aromatic heterocycles. The van der Waals surface area contributed by atoms with E-state index in [0.29, 0.717) is 12.1 Å². The minimum atomic E-state index is -0.441. The van der Waals surface area contributed by atoms with Gasteiger partial charge in [-0.1, -0.05) is 30.3 Å². The van der Waals surface area contributed by atoms with Crippen LogP contribution in [0.2, 0.25) is 0 Å². The van der Waals surface area contributed by atoms with Crippen molar-refractivity contribution >= 4 is 17.6 Å². The van der Waals surface area contributed by atoms with Gasteiger partial charge in [0.1, 0.15) is 6.54 Å². The molecule has 0 aliphatic heterocycles. The first-order chi connectivity index (χ1) is 11.5. The Kier molecular flexibility index (Phi) is 5.95. The van der Waals surface area contributed by atoms with Crippen molar-refractivity contribution in [2.45, 2.75) is 6.54 Å². The van der Waals surface area contributed by atoms with Crippen molar-refractivity contribution in [2.75, 3.05) is 32.6 Å². The Balaban J connectivity index is 2.21. The Labute approximate surface area is 142 Å². The molecule has 0 saturated heterocycles. The van der Waals surface area contributed by atoms with Crippen LogP contribution >= 0.6 is 0 Å². The summed E-state index contributed by atoms with van der Waals surface area (Å²) in [6.07, 6.45) is 0. The zero-order valence-corrected chi connectivity index (χ0v) is 14.2. The second kappa shape index (κ2) is 8.15. The van der Waals surface area contributed by atoms with Crippen molar-refractivity contribution in [1.29, 1.82) is 0 Å². The van der Waals surface area contributed by atoms with E-state index in [-0.39, 0.29) is 12.5 Å². The quantitative estimate of drug-likeness (QED) is 0.766. The molecule has 0 unspecified atom stereocenters. The summed E-state index contributed by atoms with van der Waals surface area (Å²) in [7, 11) is 5.20. The summed E-state index contributed by atoms with van der Waals surface area (Å²) in [6, 6.07) is 16.9. The van der Waals surface area contributed by atoms with Crippen LogP contribution in [0.5, 0.6) is 0 Å². The molecule has 2 aromatic rings. The van der Waals surface area contributed by atoms with Crippen LogP contribution in [-0.4, -0.2) is 44.5 Å². The number of benzene rings is 2. The standard InChI is InChI=1S/C19H22N2O3/c1-20(2)17-11-9-16(10-12-17)19(23)21(14-18(22)24-3)13-15-7-5-4-6-8-15/h4-12H,13-14H2,1-3H3. The molecule has 0 radical (unpaired) electrons. The zero-order valence-electron chi connectivity index (χ0n) is 14.2. The van der Waals surface area contributed by atoms with Crippen LogP contribution in [0.25, 0.3) is 0 Å². The van der Waals surface area contributed by atoms with E-state index >= 15 is 0 Å². The van der Waals surface area contributed by atoms with Crippen LogP contribution in [0.1, 0.15) is 15.9 Å². The number of hydrogen-bond acceptors (Lipinski definition) is 4. The second-order valence-corrected chi connectivity index (χ2v) is 5.66. The van der Waals surface area contributed by atoms with E-state index in [0.717, 1.165) is 11.3 Å². The largest absolute Gasteiger partial charge is 0.468 e. The van der Waals surface area contributed by atoms with Crippen LogP contribution in [0.4, 0.5) is 5.69 Å². The number of carbonyl (C=O) groups is 2. The molecule has 0 bridgehead atoms. The molecule has 5 heteroatoms. The molecule has 0 aliphatic rings. The number of ether oxygens (including phenoxy) is 1. The van der Waals surface area contributed by atoms with Crippen LogP contribution in [-0.2, 0) is 16.1 Å². The highest BCUT2D eigenvalue weighted by atomic mass is 16.5. The van der Waals surface area contributed by atoms with E-state index in [4.69, 9.17) is 4.74 Å². The van der Waals surface area contributed by atoms with Gasteiger partial charge < -0.3 is 14.5 Å². The molecule has 5 nitrogen and oxygen atoms in total. The highest BCUT2D eigenvalue weighted by Crippen LogP contribution is 2.15. The maximum atomic E-state index is 12.8. The second-order valence-electron chi connectivity index (χ2n) is 5.66. The van der Waals surface area contributed by atoms with Crippen molar-refractivity contribution in [2.24, 2.45) is 0 Å². The van der Waals surface area contributed by atoms with Gasteiger partial charge in [0, 0.05) is 31.9 Å². The molecule has 0 aliphatic carbocycles. The number of nitrogens with zero attached hydrogens (tertiary/aromatic N) is 2. The Morgan fingerprint density at radius 1 is 0.958 bits per heavy atom. The summed E-state index contributed by atoms with van der Waals surface area (Å²) in [5.74, 6) is -0.640. The summed E-state index contributed by atoms with van der Waals surface area (Å²) >= 11 is 0. The smallest absolute Gasteiger partial charge is 0.325 e. The van der Waals surface area contributed by atoms with E-state index in [1.54, 1.807) is 12.1 Å². The predicted molar refractivity (Wildman–Crippen MR) is 94.0 cm³/mol. The number of amides is 1. The number of anilines is 1. The molecule has 0 heterocycles. The highest BCUT2D eigenvalue weighted by molar-refractivity contribution is 5.96. The van der Waals surface area contributed by atoms with Gasteiger partial charge in [-0.05, 0) is 29.8 Å². The molecule has 1 amide bonds. The topological polar surface area (TPSA) is 49.9 Å². The molecule has 2 aromatic carbocycles. The van der Waals surface area contributed by atoms with Gasteiger partial charge in [0.2, 0.25) is 0 Å². The third-order valence-corrected chi connectivity index (χ3v) is 3.68. The van der Waals surface area contributed by atoms with E-state index < -0.39 is 5.97 Å². The average Bonchev–Trinajstić information content (AvgIpc) is 2.61. The molecule has 0 atom stereocenters. The van der Waals surface area contributed by atoms with Crippen molar-refractivity contribution in [3.63, 3.8) is 0 Å². The minimum Gasteiger partial charge on any atom is -0.468 e. The van der Waals surface area contributed by atoms with Gasteiger partial charge >= 0.3 is 5.97 Å². The van der Waals surface area contributed by atoms with Gasteiger partial charge in [-0.3, -0.25) is 9.59 Å². The van der Waals surface area contributed by atoms with Crippen LogP contribution < -0.4 is 4.90 Å². The lowest BCUT2D eigenvalue weighted by Crippen LogP contribution is -2.35. The molecular formula is C19H22N2O3. The Bertz CT molecular complexity index is 682. The normalized spacial score (nSPS) is 10.1. The first kappa shape index (κ1) is 17.5. The van der Waals surface area contributed by atoms with Gasteiger partial charge in [-0.15, -0.1) is 0 Å². The fourth-order valence-electron chi connectivity index (χ4n) is 2.31. The first-order valence-electron chi connectivity index (χ1n) is 7.68. The van der Waals surface area contributed by atoms with E-state index in [1.807, 2.05) is 61.5 Å². The first-order valence-corrected chi connectivity index (χ1v) is 7.68. The Hall–Kier alpha value is -2.82. The molecule has 24 heavy (non-hydrogen) atoms. The molecule has 0 fully saturated rings. The van der Waals surface area contributed by atoms with Crippen molar-refractivity contribution in [1.82, 2.24) is 4.90 Å². The van der Waals surface area contributed by atoms with E-state index in [2.05, 4.69) is 0 Å². The summed E-state index contributed by atoms with van der Waals surface area (Å²) in [4.78, 5) is 27.9. The number of esters is 1. The van der Waals surface area contributed by atoms with E-state index in [1.165, 1.54) is 12.0 Å². The lowest BCUT2D eigenvalue weighted by atomic mass is 10.1. The van der Waals surface area contributed by atoms with Gasteiger partial charge in [-0.2, -0.15) is 0 Å². The van der Waals surface area contributed by atoms with Gasteiger partial charge in [-0.25, -0.2) is 0 Å². The third kappa shape index (κ3) is 4.59. The lowest BCUT2D eigenvalue weighted by Gasteiger charge is -2.22. The lowest BCUT2D eigenvalue weighted by molar-refractivity contribution is -0.141. The highest BCUT2D eigenvalue weighted by Gasteiger charge is 2.19. The zero-order chi connectivity index (χ0) is 17.5. The molecular weight excluding hydrogens is 304 g/mol. The van der Waals surface area contributed by atoms with Gasteiger partial charge in [0.25, 0.3) is 5.91 Å². The van der Waals surface area contributed by atoms with E-state index in [9.17, 15) is 9.59 Å². The summed E-state index contributed by atoms with van der Waals surface area (Å²) in [6.45, 7) is 0.268. The summed E-state index contributed by atoms with van der Waals surface area (Å²) in [5, 5.41) is 0. The molecule has 0 N–H and O–H groups in total. The fraction of sp³-hybridized carbons (Fsp3) is 0.263. The number of hydrogen-bond donors (Lipinski definition) is 0. The van der Waals surface area contributed by atoms with Crippen LogP contribution in [0, 0.1) is 0 Å². The minimum absolute atomic E-state index is 0.0837. The maximum absolute atomic E-state index is 12.8. The molecule has 0 spiro atoms. The molecule has 2 rings (SSSR count). The van der Waals surface area contributed by atoms with Gasteiger partial charge in [0.05, 0.1) is 7.11 Å². The maximum Gasteiger partial charge on any atom is 0.325 e. The van der Waals surface area contributed by atoms with Crippen molar-refractivity contribution in [3.05, 3.63) is 65.7 Å².